The molecule has 1 fully saturated rings. The number of aliphatic carboxylic acids is 1. The van der Waals surface area contributed by atoms with Gasteiger partial charge in [0, 0.05) is 11.4 Å². The molecular weight excluding hydrogens is 295 g/mol. The summed E-state index contributed by atoms with van der Waals surface area (Å²) in [7, 11) is 0. The average molecular weight is 305 g/mol. The van der Waals surface area contributed by atoms with Crippen molar-refractivity contribution in [2.45, 2.75) is 6.04 Å². The van der Waals surface area contributed by atoms with Gasteiger partial charge in [0.25, 0.3) is 0 Å². The molecule has 1 aromatic carbocycles. The number of carboxylic acids is 1. The summed E-state index contributed by atoms with van der Waals surface area (Å²) in [6.45, 7) is 0. The normalized spacial score (nSPS) is 18.4. The van der Waals surface area contributed by atoms with Crippen LogP contribution in [0.5, 0.6) is 0 Å². The molecule has 0 aromatic heterocycles. The molecule has 0 aliphatic carbocycles. The lowest BCUT2D eigenvalue weighted by molar-refractivity contribution is -0.140. The summed E-state index contributed by atoms with van der Waals surface area (Å²) < 4.78 is 13.0. The molecule has 0 bridgehead atoms. The predicted octanol–water partition coefficient (Wildman–Crippen LogP) is 2.47. The van der Waals surface area contributed by atoms with Gasteiger partial charge in [-0.15, -0.1) is 11.8 Å². The highest BCUT2D eigenvalue weighted by molar-refractivity contribution is 7.99. The van der Waals surface area contributed by atoms with E-state index in [4.69, 9.17) is 16.7 Å². The van der Waals surface area contributed by atoms with Gasteiger partial charge in [-0.05, 0) is 18.2 Å². The fourth-order valence-corrected chi connectivity index (χ4v) is 2.94. The van der Waals surface area contributed by atoms with Crippen LogP contribution in [-0.2, 0) is 4.79 Å². The zero-order valence-electron chi connectivity index (χ0n) is 9.60. The topological polar surface area (TPSA) is 69.6 Å². The van der Waals surface area contributed by atoms with Crippen LogP contribution < -0.4 is 5.32 Å². The third-order valence-electron chi connectivity index (χ3n) is 2.60. The van der Waals surface area contributed by atoms with Crippen molar-refractivity contribution in [3.63, 3.8) is 0 Å². The van der Waals surface area contributed by atoms with E-state index < -0.39 is 23.9 Å². The summed E-state index contributed by atoms with van der Waals surface area (Å²) >= 11 is 6.96. The van der Waals surface area contributed by atoms with E-state index in [0.29, 0.717) is 17.3 Å². The van der Waals surface area contributed by atoms with Crippen molar-refractivity contribution in [2.75, 3.05) is 16.9 Å². The molecule has 1 aliphatic heterocycles. The highest BCUT2D eigenvalue weighted by Gasteiger charge is 2.34. The second-order valence-electron chi connectivity index (χ2n) is 3.88. The smallest absolute Gasteiger partial charge is 0.327 e. The van der Waals surface area contributed by atoms with Gasteiger partial charge in [-0.1, -0.05) is 11.6 Å². The van der Waals surface area contributed by atoms with E-state index in [-0.39, 0.29) is 5.02 Å². The number of rotatable bonds is 2. The van der Waals surface area contributed by atoms with Gasteiger partial charge in [-0.3, -0.25) is 0 Å². The minimum Gasteiger partial charge on any atom is -0.480 e. The number of hydrogen-bond donors (Lipinski definition) is 2. The third kappa shape index (κ3) is 3.10. The number of hydrogen-bond acceptors (Lipinski definition) is 3. The number of nitrogens with zero attached hydrogens (tertiary/aromatic N) is 1. The van der Waals surface area contributed by atoms with E-state index in [0.717, 1.165) is 6.07 Å². The molecule has 8 heteroatoms. The first kappa shape index (κ1) is 14.0. The lowest BCUT2D eigenvalue weighted by atomic mass is 10.3. The standard InChI is InChI=1S/C11H10ClFN2O3S/c12-7-3-6(1-2-8(7)13)14-11(18)15-5-19-4-9(15)10(16)17/h1-3,9H,4-5H2,(H,14,18)(H,16,17)/t9-/m0/s1. The van der Waals surface area contributed by atoms with Crippen LogP contribution in [0.3, 0.4) is 0 Å². The maximum Gasteiger partial charge on any atom is 0.327 e. The Kier molecular flexibility index (Phi) is 4.16. The fraction of sp³-hybridized carbons (Fsp3) is 0.273. The summed E-state index contributed by atoms with van der Waals surface area (Å²) in [5, 5.41) is 11.4. The Balaban J connectivity index is 2.08. The number of anilines is 1. The van der Waals surface area contributed by atoms with Crippen LogP contribution in [0.1, 0.15) is 0 Å². The molecule has 5 nitrogen and oxygen atoms in total. The van der Waals surface area contributed by atoms with Crippen molar-refractivity contribution in [1.82, 2.24) is 4.90 Å². The molecule has 2 N–H and O–H groups in total. The van der Waals surface area contributed by atoms with Gasteiger partial charge in [0.15, 0.2) is 0 Å². The monoisotopic (exact) mass is 304 g/mol. The third-order valence-corrected chi connectivity index (χ3v) is 3.90. The van der Waals surface area contributed by atoms with E-state index in [9.17, 15) is 14.0 Å². The molecule has 102 valence electrons. The Morgan fingerprint density at radius 2 is 2.26 bits per heavy atom. The second-order valence-corrected chi connectivity index (χ2v) is 5.29. The zero-order valence-corrected chi connectivity index (χ0v) is 11.2. The molecule has 2 amide bonds. The lowest BCUT2D eigenvalue weighted by Crippen LogP contribution is -2.43. The maximum absolute atomic E-state index is 13.0. The van der Waals surface area contributed by atoms with Crippen molar-refractivity contribution < 1.29 is 19.1 Å². The highest BCUT2D eigenvalue weighted by Crippen LogP contribution is 2.23. The van der Waals surface area contributed by atoms with E-state index in [2.05, 4.69) is 5.32 Å². The average Bonchev–Trinajstić information content (AvgIpc) is 2.83. The molecule has 1 aliphatic rings. The Bertz CT molecular complexity index is 529. The van der Waals surface area contributed by atoms with E-state index in [1.54, 1.807) is 0 Å². The first-order valence-corrected chi connectivity index (χ1v) is 6.85. The predicted molar refractivity (Wildman–Crippen MR) is 71.0 cm³/mol. The van der Waals surface area contributed by atoms with E-state index in [1.165, 1.54) is 28.8 Å². The maximum atomic E-state index is 13.0. The number of urea groups is 1. The SMILES string of the molecule is O=C(O)[C@@H]1CSCN1C(=O)Nc1ccc(F)c(Cl)c1. The van der Waals surface area contributed by atoms with Crippen LogP contribution in [0.15, 0.2) is 18.2 Å². The van der Waals surface area contributed by atoms with Gasteiger partial charge < -0.3 is 15.3 Å². The molecule has 19 heavy (non-hydrogen) atoms. The summed E-state index contributed by atoms with van der Waals surface area (Å²) in [6, 6.07) is 2.37. The number of thioether (sulfide) groups is 1. The van der Waals surface area contributed by atoms with Crippen LogP contribution in [0, 0.1) is 5.82 Å². The summed E-state index contributed by atoms with van der Waals surface area (Å²) in [4.78, 5) is 24.1. The van der Waals surface area contributed by atoms with Gasteiger partial charge in [0.1, 0.15) is 11.9 Å². The van der Waals surface area contributed by atoms with Crippen molar-refractivity contribution in [1.29, 1.82) is 0 Å². The summed E-state index contributed by atoms with van der Waals surface area (Å²) in [5.74, 6) is -0.970. The van der Waals surface area contributed by atoms with Crippen molar-refractivity contribution in [3.8, 4) is 0 Å². The molecule has 0 saturated carbocycles. The number of benzene rings is 1. The van der Waals surface area contributed by atoms with Gasteiger partial charge in [0.05, 0.1) is 10.9 Å². The Labute approximate surface area is 117 Å². The number of carboxylic acid groups (broad SMARTS) is 1. The van der Waals surface area contributed by atoms with Crippen LogP contribution in [-0.4, -0.2) is 39.7 Å². The van der Waals surface area contributed by atoms with Crippen LogP contribution in [0.2, 0.25) is 5.02 Å². The van der Waals surface area contributed by atoms with Crippen molar-refractivity contribution >= 4 is 41.1 Å². The zero-order chi connectivity index (χ0) is 14.0. The number of amides is 2. The first-order valence-electron chi connectivity index (χ1n) is 5.32. The van der Waals surface area contributed by atoms with E-state index in [1.807, 2.05) is 0 Å². The van der Waals surface area contributed by atoms with Gasteiger partial charge in [0.2, 0.25) is 0 Å². The molecule has 0 spiro atoms. The number of carbonyl (C=O) groups is 2. The van der Waals surface area contributed by atoms with Crippen LogP contribution in [0.4, 0.5) is 14.9 Å². The lowest BCUT2D eigenvalue weighted by Gasteiger charge is -2.20. The summed E-state index contributed by atoms with van der Waals surface area (Å²) in [6.07, 6.45) is 0. The molecule has 1 saturated heterocycles. The number of carbonyl (C=O) groups excluding carboxylic acids is 1. The Morgan fingerprint density at radius 3 is 2.89 bits per heavy atom. The Morgan fingerprint density at radius 1 is 1.53 bits per heavy atom. The quantitative estimate of drug-likeness (QED) is 0.880. The molecular formula is C11H10ClFN2O3S. The van der Waals surface area contributed by atoms with Crippen molar-refractivity contribution in [2.24, 2.45) is 0 Å². The van der Waals surface area contributed by atoms with Crippen LogP contribution in [0.25, 0.3) is 0 Å². The minimum absolute atomic E-state index is 0.108. The molecule has 1 atom stereocenters. The van der Waals surface area contributed by atoms with Crippen molar-refractivity contribution in [3.05, 3.63) is 29.0 Å². The molecule has 0 unspecified atom stereocenters. The molecule has 1 aromatic rings. The summed E-state index contributed by atoms with van der Waals surface area (Å²) in [5.41, 5.74) is 0.317. The highest BCUT2D eigenvalue weighted by atomic mass is 35.5. The second kappa shape index (κ2) is 5.66. The minimum atomic E-state index is -1.04. The Hall–Kier alpha value is -1.47. The van der Waals surface area contributed by atoms with Gasteiger partial charge in [-0.2, -0.15) is 0 Å². The number of nitrogens with one attached hydrogen (secondary N) is 1. The number of halogens is 2. The first-order chi connectivity index (χ1) is 8.99. The van der Waals surface area contributed by atoms with E-state index >= 15 is 0 Å². The molecule has 0 radical (unpaired) electrons. The largest absolute Gasteiger partial charge is 0.480 e. The van der Waals surface area contributed by atoms with Gasteiger partial charge >= 0.3 is 12.0 Å². The van der Waals surface area contributed by atoms with Gasteiger partial charge in [-0.25, -0.2) is 14.0 Å². The fourth-order valence-electron chi connectivity index (χ4n) is 1.62. The van der Waals surface area contributed by atoms with Crippen LogP contribution >= 0.6 is 23.4 Å². The molecule has 1 heterocycles. The molecule has 2 rings (SSSR count).